The lowest BCUT2D eigenvalue weighted by atomic mass is 9.96. The van der Waals surface area contributed by atoms with Crippen molar-refractivity contribution in [2.45, 2.75) is 38.3 Å². The Kier molecular flexibility index (Phi) is 4.78. The van der Waals surface area contributed by atoms with Crippen molar-refractivity contribution < 1.29 is 9.18 Å². The molecule has 1 aromatic carbocycles. The maximum absolute atomic E-state index is 13.1. The molecule has 104 valence electrons. The van der Waals surface area contributed by atoms with E-state index < -0.39 is 0 Å². The number of nitrogens with two attached hydrogens (primary N) is 1. The lowest BCUT2D eigenvalue weighted by Crippen LogP contribution is -2.51. The molecular formula is C14H18FIN2O. The fourth-order valence-electron chi connectivity index (χ4n) is 2.57. The summed E-state index contributed by atoms with van der Waals surface area (Å²) in [4.78, 5) is 14.4. The molecule has 0 bridgehead atoms. The summed E-state index contributed by atoms with van der Waals surface area (Å²) in [5.41, 5.74) is 6.54. The maximum atomic E-state index is 13.1. The van der Waals surface area contributed by atoms with Gasteiger partial charge in [0.15, 0.2) is 0 Å². The van der Waals surface area contributed by atoms with E-state index in [1.165, 1.54) is 12.1 Å². The van der Waals surface area contributed by atoms with E-state index >= 15 is 0 Å². The zero-order valence-electron chi connectivity index (χ0n) is 10.9. The number of rotatable bonds is 2. The molecule has 19 heavy (non-hydrogen) atoms. The first-order valence-electron chi connectivity index (χ1n) is 6.52. The smallest absolute Gasteiger partial charge is 0.255 e. The molecular weight excluding hydrogens is 358 g/mol. The van der Waals surface area contributed by atoms with Crippen LogP contribution in [0.25, 0.3) is 0 Å². The molecule has 5 heteroatoms. The van der Waals surface area contributed by atoms with Crippen LogP contribution in [0.2, 0.25) is 0 Å². The van der Waals surface area contributed by atoms with Gasteiger partial charge in [0.05, 0.1) is 5.56 Å². The third-order valence-electron chi connectivity index (χ3n) is 3.58. The first kappa shape index (κ1) is 14.7. The summed E-state index contributed by atoms with van der Waals surface area (Å²) in [6, 6.07) is 4.33. The van der Waals surface area contributed by atoms with Gasteiger partial charge in [-0.25, -0.2) is 4.39 Å². The largest absolute Gasteiger partial charge is 0.334 e. The van der Waals surface area contributed by atoms with Crippen LogP contribution in [-0.4, -0.2) is 29.4 Å². The second-order valence-corrected chi connectivity index (χ2v) is 6.21. The summed E-state index contributed by atoms with van der Waals surface area (Å²) in [7, 11) is 0. The lowest BCUT2D eigenvalue weighted by Gasteiger charge is -2.38. The van der Waals surface area contributed by atoms with Crippen LogP contribution in [0.1, 0.15) is 36.5 Å². The molecule has 0 aromatic heterocycles. The molecule has 3 nitrogen and oxygen atoms in total. The number of carbonyl (C=O) groups excluding carboxylic acids is 1. The van der Waals surface area contributed by atoms with Gasteiger partial charge in [0.25, 0.3) is 5.91 Å². The fourth-order valence-corrected chi connectivity index (χ4v) is 3.28. The maximum Gasteiger partial charge on any atom is 0.255 e. The summed E-state index contributed by atoms with van der Waals surface area (Å²) in [6.45, 7) is 2.67. The highest BCUT2D eigenvalue weighted by molar-refractivity contribution is 14.1. The third-order valence-corrected chi connectivity index (χ3v) is 4.47. The minimum Gasteiger partial charge on any atom is -0.334 e. The predicted molar refractivity (Wildman–Crippen MR) is 81.4 cm³/mol. The molecule has 0 aliphatic carbocycles. The average molecular weight is 376 g/mol. The van der Waals surface area contributed by atoms with E-state index in [2.05, 4.69) is 0 Å². The van der Waals surface area contributed by atoms with E-state index in [0.717, 1.165) is 25.8 Å². The van der Waals surface area contributed by atoms with E-state index in [-0.39, 0.29) is 23.8 Å². The molecule has 0 saturated carbocycles. The molecule has 2 N–H and O–H groups in total. The van der Waals surface area contributed by atoms with Crippen LogP contribution in [0.3, 0.4) is 0 Å². The number of nitrogens with zero attached hydrogens (tertiary/aromatic N) is 1. The molecule has 1 aliphatic heterocycles. The monoisotopic (exact) mass is 376 g/mol. The molecule has 1 amide bonds. The average Bonchev–Trinajstić information content (AvgIpc) is 2.38. The summed E-state index contributed by atoms with van der Waals surface area (Å²) < 4.78 is 13.8. The topological polar surface area (TPSA) is 46.3 Å². The number of benzene rings is 1. The van der Waals surface area contributed by atoms with Gasteiger partial charge in [-0.05, 0) is 67.0 Å². The molecule has 1 heterocycles. The fraction of sp³-hybridized carbons (Fsp3) is 0.500. The highest BCUT2D eigenvalue weighted by atomic mass is 127. The normalized spacial score (nSPS) is 21.3. The van der Waals surface area contributed by atoms with Crippen LogP contribution >= 0.6 is 22.6 Å². The number of hydrogen-bond donors (Lipinski definition) is 1. The van der Waals surface area contributed by atoms with Gasteiger partial charge in [-0.2, -0.15) is 0 Å². The quantitative estimate of drug-likeness (QED) is 0.807. The molecule has 0 spiro atoms. The third kappa shape index (κ3) is 3.25. The van der Waals surface area contributed by atoms with E-state index in [1.54, 1.807) is 6.07 Å². The Morgan fingerprint density at radius 1 is 1.53 bits per heavy atom. The first-order chi connectivity index (χ1) is 9.00. The van der Waals surface area contributed by atoms with Crippen LogP contribution < -0.4 is 5.73 Å². The lowest BCUT2D eigenvalue weighted by molar-refractivity contribution is 0.0582. The Hall–Kier alpha value is -0.690. The molecule has 1 aliphatic rings. The van der Waals surface area contributed by atoms with Gasteiger partial charge in [-0.15, -0.1) is 0 Å². The highest BCUT2D eigenvalue weighted by Crippen LogP contribution is 2.23. The van der Waals surface area contributed by atoms with Gasteiger partial charge in [0.1, 0.15) is 5.82 Å². The molecule has 1 saturated heterocycles. The molecule has 2 unspecified atom stereocenters. The van der Waals surface area contributed by atoms with Crippen molar-refractivity contribution in [2.75, 3.05) is 6.54 Å². The number of piperidine rings is 1. The van der Waals surface area contributed by atoms with Crippen molar-refractivity contribution in [1.29, 1.82) is 0 Å². The van der Waals surface area contributed by atoms with Crippen molar-refractivity contribution >= 4 is 28.5 Å². The number of hydrogen-bond acceptors (Lipinski definition) is 2. The Labute approximate surface area is 126 Å². The zero-order chi connectivity index (χ0) is 14.0. The SMILES string of the molecule is CC(N)C1CCCCN1C(=O)c1ccc(F)cc1I. The van der Waals surface area contributed by atoms with Crippen molar-refractivity contribution in [3.63, 3.8) is 0 Å². The Morgan fingerprint density at radius 2 is 2.26 bits per heavy atom. The van der Waals surface area contributed by atoms with Crippen molar-refractivity contribution in [2.24, 2.45) is 5.73 Å². The second kappa shape index (κ2) is 6.17. The zero-order valence-corrected chi connectivity index (χ0v) is 13.1. The van der Waals surface area contributed by atoms with Gasteiger partial charge in [0, 0.05) is 22.2 Å². The number of likely N-dealkylation sites (tertiary alicyclic amines) is 1. The summed E-state index contributed by atoms with van der Waals surface area (Å²) >= 11 is 2.00. The van der Waals surface area contributed by atoms with Crippen LogP contribution in [0.5, 0.6) is 0 Å². The van der Waals surface area contributed by atoms with Crippen LogP contribution in [0.15, 0.2) is 18.2 Å². The van der Waals surface area contributed by atoms with Gasteiger partial charge < -0.3 is 10.6 Å². The van der Waals surface area contributed by atoms with E-state index in [1.807, 2.05) is 34.4 Å². The molecule has 1 fully saturated rings. The Balaban J connectivity index is 2.26. The van der Waals surface area contributed by atoms with Gasteiger partial charge in [-0.3, -0.25) is 4.79 Å². The Bertz CT molecular complexity index is 479. The standard InChI is InChI=1S/C14H18FIN2O/c1-9(17)13-4-2-3-7-18(13)14(19)11-6-5-10(15)8-12(11)16/h5-6,8-9,13H,2-4,7,17H2,1H3. The minimum absolute atomic E-state index is 0.0357. The van der Waals surface area contributed by atoms with Crippen LogP contribution in [0.4, 0.5) is 4.39 Å². The first-order valence-corrected chi connectivity index (χ1v) is 7.60. The van der Waals surface area contributed by atoms with Crippen LogP contribution in [-0.2, 0) is 0 Å². The second-order valence-electron chi connectivity index (χ2n) is 5.04. The van der Waals surface area contributed by atoms with Crippen molar-refractivity contribution in [1.82, 2.24) is 4.90 Å². The van der Waals surface area contributed by atoms with E-state index in [4.69, 9.17) is 5.73 Å². The molecule has 2 rings (SSSR count). The number of carbonyl (C=O) groups is 1. The molecule has 0 radical (unpaired) electrons. The summed E-state index contributed by atoms with van der Waals surface area (Å²) in [5.74, 6) is -0.352. The van der Waals surface area contributed by atoms with Crippen molar-refractivity contribution in [3.8, 4) is 0 Å². The van der Waals surface area contributed by atoms with Crippen LogP contribution in [0, 0.1) is 9.39 Å². The summed E-state index contributed by atoms with van der Waals surface area (Å²) in [6.07, 6.45) is 3.06. The van der Waals surface area contributed by atoms with Crippen molar-refractivity contribution in [3.05, 3.63) is 33.1 Å². The predicted octanol–water partition coefficient (Wildman–Crippen LogP) is 2.77. The van der Waals surface area contributed by atoms with Gasteiger partial charge in [0.2, 0.25) is 0 Å². The summed E-state index contributed by atoms with van der Waals surface area (Å²) in [5, 5.41) is 0. The van der Waals surface area contributed by atoms with E-state index in [9.17, 15) is 9.18 Å². The number of halogens is 2. The minimum atomic E-state index is -0.316. The molecule has 1 aromatic rings. The Morgan fingerprint density at radius 3 is 2.89 bits per heavy atom. The van der Waals surface area contributed by atoms with Gasteiger partial charge in [-0.1, -0.05) is 0 Å². The van der Waals surface area contributed by atoms with Gasteiger partial charge >= 0.3 is 0 Å². The van der Waals surface area contributed by atoms with E-state index in [0.29, 0.717) is 9.13 Å². The molecule has 2 atom stereocenters. The number of amides is 1. The highest BCUT2D eigenvalue weighted by Gasteiger charge is 2.30.